The maximum atomic E-state index is 12.5. The molecule has 0 heterocycles. The van der Waals surface area contributed by atoms with Gasteiger partial charge in [-0.3, -0.25) is 9.59 Å². The Labute approximate surface area is 244 Å². The van der Waals surface area contributed by atoms with Gasteiger partial charge < -0.3 is 29.9 Å². The number of hydrogen-bond acceptors (Lipinski definition) is 8. The first-order chi connectivity index (χ1) is 18.9. The lowest BCUT2D eigenvalue weighted by Crippen LogP contribution is -2.41. The van der Waals surface area contributed by atoms with Gasteiger partial charge >= 0.3 is 11.9 Å². The minimum Gasteiger partial charge on any atom is -0.507 e. The second-order valence-electron chi connectivity index (χ2n) is 13.3. The molecule has 0 spiro atoms. The quantitative estimate of drug-likeness (QED) is 0.263. The normalized spacial score (nSPS) is 12.3. The van der Waals surface area contributed by atoms with E-state index in [-0.39, 0.29) is 48.4 Å². The van der Waals surface area contributed by atoms with Crippen molar-refractivity contribution in [3.8, 4) is 11.5 Å². The first-order valence-corrected chi connectivity index (χ1v) is 14.1. The number of carbonyl (C=O) groups is 2. The molecule has 8 heteroatoms. The molecule has 0 amide bonds. The summed E-state index contributed by atoms with van der Waals surface area (Å²) in [7, 11) is 0. The Morgan fingerprint density at radius 2 is 1.00 bits per heavy atom. The molecule has 0 radical (unpaired) electrons. The molecule has 228 valence electrons. The Kier molecular flexibility index (Phi) is 11.4. The summed E-state index contributed by atoms with van der Waals surface area (Å²) >= 11 is 0. The molecule has 0 fully saturated rings. The van der Waals surface area contributed by atoms with Crippen LogP contribution in [0.4, 0.5) is 0 Å². The van der Waals surface area contributed by atoms with E-state index in [0.717, 1.165) is 33.4 Å². The van der Waals surface area contributed by atoms with E-state index in [1.54, 1.807) is 0 Å². The van der Waals surface area contributed by atoms with Gasteiger partial charge in [-0.25, -0.2) is 0 Å². The van der Waals surface area contributed by atoms with Gasteiger partial charge in [-0.05, 0) is 70.9 Å². The van der Waals surface area contributed by atoms with Crippen LogP contribution in [0.1, 0.15) is 87.8 Å². The van der Waals surface area contributed by atoms with Crippen molar-refractivity contribution in [2.45, 2.75) is 91.9 Å². The summed E-state index contributed by atoms with van der Waals surface area (Å²) < 4.78 is 10.7. The summed E-state index contributed by atoms with van der Waals surface area (Å²) in [6.07, 6.45) is 0.945. The van der Waals surface area contributed by atoms with Gasteiger partial charge in [0.2, 0.25) is 0 Å². The predicted octanol–water partition coefficient (Wildman–Crippen LogP) is 4.93. The Morgan fingerprint density at radius 3 is 1.29 bits per heavy atom. The van der Waals surface area contributed by atoms with Crippen LogP contribution in [0, 0.1) is 19.3 Å². The topological polar surface area (TPSA) is 134 Å². The molecule has 0 aliphatic rings. The average molecular weight is 573 g/mol. The minimum atomic E-state index is -1.33. The maximum absolute atomic E-state index is 12.5. The van der Waals surface area contributed by atoms with E-state index in [1.807, 2.05) is 79.7 Å². The molecule has 2 aromatic carbocycles. The lowest BCUT2D eigenvalue weighted by atomic mass is 9.83. The van der Waals surface area contributed by atoms with Crippen LogP contribution in [-0.4, -0.2) is 58.8 Å². The van der Waals surface area contributed by atoms with Crippen molar-refractivity contribution in [3.63, 3.8) is 0 Å². The highest BCUT2D eigenvalue weighted by Crippen LogP contribution is 2.35. The van der Waals surface area contributed by atoms with Crippen LogP contribution >= 0.6 is 0 Å². The van der Waals surface area contributed by atoms with E-state index in [9.17, 15) is 30.0 Å². The number of aliphatic hydroxyl groups is 2. The monoisotopic (exact) mass is 572 g/mol. The van der Waals surface area contributed by atoms with E-state index < -0.39 is 30.6 Å². The number of esters is 2. The molecule has 0 aliphatic heterocycles. The highest BCUT2D eigenvalue weighted by Gasteiger charge is 2.33. The van der Waals surface area contributed by atoms with Gasteiger partial charge in [0.1, 0.15) is 24.7 Å². The van der Waals surface area contributed by atoms with Crippen LogP contribution in [0.3, 0.4) is 0 Å². The molecular formula is C33H48O8. The Hall–Kier alpha value is -3.10. The van der Waals surface area contributed by atoms with Crippen molar-refractivity contribution in [2.24, 2.45) is 5.41 Å². The fourth-order valence-electron chi connectivity index (χ4n) is 4.52. The van der Waals surface area contributed by atoms with Crippen LogP contribution in [0.5, 0.6) is 11.5 Å². The van der Waals surface area contributed by atoms with Crippen molar-refractivity contribution in [3.05, 3.63) is 57.6 Å². The third-order valence-electron chi connectivity index (χ3n) is 7.32. The lowest BCUT2D eigenvalue weighted by Gasteiger charge is -2.28. The summed E-state index contributed by atoms with van der Waals surface area (Å²) in [6.45, 7) is 14.0. The van der Waals surface area contributed by atoms with Gasteiger partial charge in [0.25, 0.3) is 0 Å². The maximum Gasteiger partial charge on any atom is 0.306 e. The first kappa shape index (κ1) is 34.1. The van der Waals surface area contributed by atoms with Crippen molar-refractivity contribution in [2.75, 3.05) is 26.4 Å². The van der Waals surface area contributed by atoms with E-state index >= 15 is 0 Å². The van der Waals surface area contributed by atoms with Crippen molar-refractivity contribution >= 4 is 11.9 Å². The summed E-state index contributed by atoms with van der Waals surface area (Å²) in [6, 6.07) is 7.47. The number of rotatable bonds is 12. The van der Waals surface area contributed by atoms with Gasteiger partial charge in [-0.2, -0.15) is 0 Å². The SMILES string of the molecule is Cc1cc(CCC(=O)OCC(CO)(CO)COC(=O)CCc2cc(C)c(O)c(C(C)(C)C)c2)cc(C(C)(C)C)c1O. The molecular weight excluding hydrogens is 524 g/mol. The zero-order valence-corrected chi connectivity index (χ0v) is 25.9. The van der Waals surface area contributed by atoms with E-state index in [1.165, 1.54) is 0 Å². The van der Waals surface area contributed by atoms with Gasteiger partial charge in [0.05, 0.1) is 18.6 Å². The molecule has 0 saturated heterocycles. The number of aliphatic hydroxyl groups excluding tert-OH is 2. The van der Waals surface area contributed by atoms with Crippen molar-refractivity contribution in [1.29, 1.82) is 0 Å². The minimum absolute atomic E-state index is 0.0725. The molecule has 4 N–H and O–H groups in total. The molecule has 2 aromatic rings. The zero-order valence-electron chi connectivity index (χ0n) is 25.9. The number of hydrogen-bond donors (Lipinski definition) is 4. The fraction of sp³-hybridized carbons (Fsp3) is 0.576. The molecule has 0 saturated carbocycles. The lowest BCUT2D eigenvalue weighted by molar-refractivity contribution is -0.158. The molecule has 2 rings (SSSR count). The second kappa shape index (κ2) is 13.7. The Bertz CT molecular complexity index is 1120. The summed E-state index contributed by atoms with van der Waals surface area (Å²) in [5, 5.41) is 40.8. The van der Waals surface area contributed by atoms with Crippen LogP contribution in [0.2, 0.25) is 0 Å². The highest BCUT2D eigenvalue weighted by atomic mass is 16.5. The molecule has 41 heavy (non-hydrogen) atoms. The summed E-state index contributed by atoms with van der Waals surface area (Å²) in [5.41, 5.74) is 3.01. The third-order valence-corrected chi connectivity index (χ3v) is 7.32. The standard InChI is InChI=1S/C33H48O8/c1-21-13-23(15-25(29(21)38)31(3,4)5)9-11-27(36)40-19-33(17-34,18-35)20-41-28(37)12-10-24-14-22(2)30(39)26(16-24)32(6,7)8/h13-16,34-35,38-39H,9-12,17-20H2,1-8H3. The van der Waals surface area contributed by atoms with Crippen LogP contribution < -0.4 is 0 Å². The zero-order chi connectivity index (χ0) is 31.2. The number of carbonyl (C=O) groups excluding carboxylic acids is 2. The molecule has 0 bridgehead atoms. The number of aromatic hydroxyl groups is 2. The largest absolute Gasteiger partial charge is 0.507 e. The van der Waals surface area contributed by atoms with Crippen LogP contribution in [-0.2, 0) is 42.7 Å². The van der Waals surface area contributed by atoms with Gasteiger partial charge in [-0.15, -0.1) is 0 Å². The molecule has 0 aliphatic carbocycles. The first-order valence-electron chi connectivity index (χ1n) is 14.1. The number of phenols is 2. The summed E-state index contributed by atoms with van der Waals surface area (Å²) in [5.74, 6) is -0.519. The molecule has 8 nitrogen and oxygen atoms in total. The van der Waals surface area contributed by atoms with Crippen LogP contribution in [0.25, 0.3) is 0 Å². The number of ether oxygens (including phenoxy) is 2. The highest BCUT2D eigenvalue weighted by molar-refractivity contribution is 5.70. The van der Waals surface area contributed by atoms with Gasteiger partial charge in [0, 0.05) is 12.8 Å². The Balaban J connectivity index is 1.93. The van der Waals surface area contributed by atoms with Crippen molar-refractivity contribution < 1.29 is 39.5 Å². The number of phenolic OH excluding ortho intramolecular Hbond substituents is 2. The van der Waals surface area contributed by atoms with Gasteiger partial charge in [-0.1, -0.05) is 65.8 Å². The number of benzene rings is 2. The third kappa shape index (κ3) is 9.47. The van der Waals surface area contributed by atoms with Gasteiger partial charge in [0.15, 0.2) is 0 Å². The molecule has 0 unspecified atom stereocenters. The molecule has 0 aromatic heterocycles. The average Bonchev–Trinajstić information content (AvgIpc) is 2.88. The van der Waals surface area contributed by atoms with Crippen molar-refractivity contribution in [1.82, 2.24) is 0 Å². The van der Waals surface area contributed by atoms with Crippen LogP contribution in [0.15, 0.2) is 24.3 Å². The fourth-order valence-corrected chi connectivity index (χ4v) is 4.52. The van der Waals surface area contributed by atoms with E-state index in [2.05, 4.69) is 0 Å². The predicted molar refractivity (Wildman–Crippen MR) is 158 cm³/mol. The second-order valence-corrected chi connectivity index (χ2v) is 13.3. The van der Waals surface area contributed by atoms with E-state index in [4.69, 9.17) is 9.47 Å². The van der Waals surface area contributed by atoms with E-state index in [0.29, 0.717) is 12.8 Å². The smallest absolute Gasteiger partial charge is 0.306 e. The Morgan fingerprint density at radius 1 is 0.659 bits per heavy atom. The number of aryl methyl sites for hydroxylation is 4. The molecule has 0 atom stereocenters. The summed E-state index contributed by atoms with van der Waals surface area (Å²) in [4.78, 5) is 25.0.